The van der Waals surface area contributed by atoms with E-state index in [-0.39, 0.29) is 17.1 Å². The summed E-state index contributed by atoms with van der Waals surface area (Å²) < 4.78 is 0. The first kappa shape index (κ1) is 24.1. The first-order valence-electron chi connectivity index (χ1n) is 14.6. The summed E-state index contributed by atoms with van der Waals surface area (Å²) in [5.41, 5.74) is 11.1. The summed E-state index contributed by atoms with van der Waals surface area (Å²) in [7, 11) is 2.11. The number of rotatable bonds is 1. The number of ketones is 2. The van der Waals surface area contributed by atoms with Crippen LogP contribution in [0.15, 0.2) is 133 Å². The second-order valence-corrected chi connectivity index (χ2v) is 11.7. The third kappa shape index (κ3) is 3.03. The molecular formula is C40H25NO2. The van der Waals surface area contributed by atoms with E-state index in [0.717, 1.165) is 33.3 Å². The van der Waals surface area contributed by atoms with Crippen molar-refractivity contribution in [1.82, 2.24) is 0 Å². The number of para-hydroxylation sites is 1. The molecule has 3 heteroatoms. The molecule has 1 spiro atoms. The molecule has 0 atom stereocenters. The Kier molecular flexibility index (Phi) is 4.76. The Bertz CT molecular complexity index is 2150. The van der Waals surface area contributed by atoms with Gasteiger partial charge in [0.05, 0.1) is 11.0 Å². The fraction of sp³-hybridized carbons (Fsp3) is 0.0500. The second-order valence-electron chi connectivity index (χ2n) is 11.7. The minimum absolute atomic E-state index is 0.211. The number of Topliss-reactive ketones (excluding diaryl/α,β-unsaturated/α-hetero) is 2. The molecule has 0 amide bonds. The lowest BCUT2D eigenvalue weighted by atomic mass is 9.64. The van der Waals surface area contributed by atoms with Gasteiger partial charge in [0, 0.05) is 29.5 Å². The van der Waals surface area contributed by atoms with Crippen molar-refractivity contribution in [3.63, 3.8) is 0 Å². The molecule has 1 aliphatic heterocycles. The van der Waals surface area contributed by atoms with Crippen LogP contribution in [-0.2, 0) is 5.41 Å². The standard InChI is InChI=1S/C40H25NO2/c1-41-36-17-9-8-16-34(36)40(32-14-6-4-12-27(32)28-13-5-7-15-33(28)40)35-21-24(18-19-37(35)41)20-31-38(42)29-22-25-10-2-3-11-26(25)23-30(29)39(31)43/h2-23H,1H3. The number of anilines is 2. The Morgan fingerprint density at radius 3 is 1.65 bits per heavy atom. The maximum Gasteiger partial charge on any atom is 0.197 e. The number of carbonyl (C=O) groups is 2. The Labute approximate surface area is 249 Å². The van der Waals surface area contributed by atoms with E-state index in [1.54, 1.807) is 6.08 Å². The van der Waals surface area contributed by atoms with Crippen LogP contribution in [0.25, 0.3) is 28.0 Å². The van der Waals surface area contributed by atoms with Crippen molar-refractivity contribution in [2.24, 2.45) is 0 Å². The topological polar surface area (TPSA) is 37.4 Å². The predicted octanol–water partition coefficient (Wildman–Crippen LogP) is 8.75. The van der Waals surface area contributed by atoms with E-state index in [4.69, 9.17) is 0 Å². The van der Waals surface area contributed by atoms with Gasteiger partial charge >= 0.3 is 0 Å². The van der Waals surface area contributed by atoms with E-state index in [9.17, 15) is 9.59 Å². The zero-order valence-corrected chi connectivity index (χ0v) is 23.5. The summed E-state index contributed by atoms with van der Waals surface area (Å²) in [5.74, 6) is -0.422. The van der Waals surface area contributed by atoms with E-state index in [0.29, 0.717) is 11.1 Å². The van der Waals surface area contributed by atoms with Crippen LogP contribution in [0.5, 0.6) is 0 Å². The van der Waals surface area contributed by atoms with E-state index in [1.165, 1.54) is 27.8 Å². The molecule has 0 N–H and O–H groups in total. The maximum atomic E-state index is 13.6. The summed E-state index contributed by atoms with van der Waals surface area (Å²) in [6, 6.07) is 43.9. The molecular weight excluding hydrogens is 526 g/mol. The van der Waals surface area contributed by atoms with Gasteiger partial charge in [0.15, 0.2) is 11.6 Å². The van der Waals surface area contributed by atoms with Gasteiger partial charge in [-0.1, -0.05) is 97.1 Å². The lowest BCUT2D eigenvalue weighted by Crippen LogP contribution is -2.36. The van der Waals surface area contributed by atoms with Crippen LogP contribution in [0.2, 0.25) is 0 Å². The minimum atomic E-state index is -0.537. The lowest BCUT2D eigenvalue weighted by Gasteiger charge is -2.44. The quantitative estimate of drug-likeness (QED) is 0.151. The Morgan fingerprint density at radius 2 is 1.02 bits per heavy atom. The van der Waals surface area contributed by atoms with Gasteiger partial charge in [-0.15, -0.1) is 0 Å². The zero-order chi connectivity index (χ0) is 28.9. The summed E-state index contributed by atoms with van der Waals surface area (Å²) in [6.45, 7) is 0. The summed E-state index contributed by atoms with van der Waals surface area (Å²) in [5, 5.41) is 1.92. The van der Waals surface area contributed by atoms with Crippen molar-refractivity contribution in [3.05, 3.63) is 172 Å². The molecule has 1 heterocycles. The molecule has 6 aromatic rings. The Hall–Kier alpha value is -5.54. The molecule has 3 nitrogen and oxygen atoms in total. The van der Waals surface area contributed by atoms with E-state index in [1.807, 2.05) is 42.5 Å². The molecule has 0 bridgehead atoms. The molecule has 0 saturated carbocycles. The van der Waals surface area contributed by atoms with Crippen molar-refractivity contribution in [2.75, 3.05) is 11.9 Å². The summed E-state index contributed by atoms with van der Waals surface area (Å²) in [4.78, 5) is 29.5. The number of hydrogen-bond donors (Lipinski definition) is 0. The van der Waals surface area contributed by atoms with Gasteiger partial charge in [0.1, 0.15) is 0 Å². The molecule has 2 aliphatic carbocycles. The summed E-state index contributed by atoms with van der Waals surface area (Å²) in [6.07, 6.45) is 1.79. The van der Waals surface area contributed by atoms with Crippen LogP contribution in [0.3, 0.4) is 0 Å². The fourth-order valence-electron chi connectivity index (χ4n) is 7.72. The second kappa shape index (κ2) is 8.50. The molecule has 0 saturated heterocycles. The monoisotopic (exact) mass is 551 g/mol. The fourth-order valence-corrected chi connectivity index (χ4v) is 7.72. The highest BCUT2D eigenvalue weighted by molar-refractivity contribution is 6.42. The van der Waals surface area contributed by atoms with E-state index >= 15 is 0 Å². The molecule has 9 rings (SSSR count). The van der Waals surface area contributed by atoms with Crippen molar-refractivity contribution in [3.8, 4) is 11.1 Å². The molecule has 202 valence electrons. The van der Waals surface area contributed by atoms with Crippen LogP contribution in [0.1, 0.15) is 48.5 Å². The number of benzene rings is 6. The van der Waals surface area contributed by atoms with Gasteiger partial charge in [0.2, 0.25) is 0 Å². The lowest BCUT2D eigenvalue weighted by molar-refractivity contribution is 0.0990. The van der Waals surface area contributed by atoms with E-state index < -0.39 is 5.41 Å². The highest BCUT2D eigenvalue weighted by atomic mass is 16.2. The third-order valence-corrected chi connectivity index (χ3v) is 9.58. The smallest absolute Gasteiger partial charge is 0.197 e. The van der Waals surface area contributed by atoms with Crippen molar-refractivity contribution in [1.29, 1.82) is 0 Å². The number of allylic oxidation sites excluding steroid dienone is 1. The maximum absolute atomic E-state index is 13.6. The molecule has 0 aromatic heterocycles. The van der Waals surface area contributed by atoms with Gasteiger partial charge in [-0.3, -0.25) is 9.59 Å². The molecule has 6 aromatic carbocycles. The number of fused-ring (bicyclic) bond motifs is 11. The SMILES string of the molecule is CN1c2ccccc2C2(c3ccccc3-c3ccccc32)c2cc(C=C3C(=O)c4cc5ccccc5cc4C3=O)ccc21. The normalized spacial score (nSPS) is 15.3. The van der Waals surface area contributed by atoms with Crippen molar-refractivity contribution < 1.29 is 9.59 Å². The van der Waals surface area contributed by atoms with Gasteiger partial charge in [0.25, 0.3) is 0 Å². The van der Waals surface area contributed by atoms with Crippen molar-refractivity contribution in [2.45, 2.75) is 5.41 Å². The van der Waals surface area contributed by atoms with Crippen molar-refractivity contribution >= 4 is 39.8 Å². The third-order valence-electron chi connectivity index (χ3n) is 9.58. The first-order valence-corrected chi connectivity index (χ1v) is 14.6. The van der Waals surface area contributed by atoms with Crippen LogP contribution in [-0.4, -0.2) is 18.6 Å². The number of carbonyl (C=O) groups excluding carboxylic acids is 2. The largest absolute Gasteiger partial charge is 0.344 e. The van der Waals surface area contributed by atoms with Crippen LogP contribution < -0.4 is 4.90 Å². The molecule has 43 heavy (non-hydrogen) atoms. The van der Waals surface area contributed by atoms with Gasteiger partial charge in [-0.25, -0.2) is 0 Å². The molecule has 3 aliphatic rings. The van der Waals surface area contributed by atoms with Crippen LogP contribution >= 0.6 is 0 Å². The number of nitrogens with zero attached hydrogens (tertiary/aromatic N) is 1. The predicted molar refractivity (Wildman–Crippen MR) is 172 cm³/mol. The highest BCUT2D eigenvalue weighted by Gasteiger charge is 2.51. The first-order chi connectivity index (χ1) is 21.1. The average Bonchev–Trinajstić information content (AvgIpc) is 3.47. The Morgan fingerprint density at radius 1 is 0.512 bits per heavy atom. The Balaban J connectivity index is 1.29. The van der Waals surface area contributed by atoms with Gasteiger partial charge in [-0.2, -0.15) is 0 Å². The average molecular weight is 552 g/mol. The van der Waals surface area contributed by atoms with Gasteiger partial charge in [-0.05, 0) is 86.1 Å². The minimum Gasteiger partial charge on any atom is -0.344 e. The zero-order valence-electron chi connectivity index (χ0n) is 23.5. The highest BCUT2D eigenvalue weighted by Crippen LogP contribution is 2.62. The van der Waals surface area contributed by atoms with E-state index in [2.05, 4.69) is 96.9 Å². The molecule has 0 fully saturated rings. The van der Waals surface area contributed by atoms with Gasteiger partial charge < -0.3 is 4.90 Å². The molecule has 0 radical (unpaired) electrons. The van der Waals surface area contributed by atoms with Crippen LogP contribution in [0, 0.1) is 0 Å². The summed E-state index contributed by atoms with van der Waals surface area (Å²) >= 11 is 0. The van der Waals surface area contributed by atoms with Crippen LogP contribution in [0.4, 0.5) is 11.4 Å². The number of hydrogen-bond acceptors (Lipinski definition) is 3. The molecule has 0 unspecified atom stereocenters.